The summed E-state index contributed by atoms with van der Waals surface area (Å²) < 4.78 is 5.32. The van der Waals surface area contributed by atoms with Crippen molar-refractivity contribution in [2.45, 2.75) is 12.8 Å². The average Bonchev–Trinajstić information content (AvgIpc) is 2.37. The lowest BCUT2D eigenvalue weighted by Gasteiger charge is -2.27. The third-order valence-electron chi connectivity index (χ3n) is 3.39. The van der Waals surface area contributed by atoms with Crippen molar-refractivity contribution >= 4 is 23.2 Å². The second kappa shape index (κ2) is 6.26. The van der Waals surface area contributed by atoms with Gasteiger partial charge in [0.2, 0.25) is 0 Å². The molecule has 19 heavy (non-hydrogen) atoms. The van der Waals surface area contributed by atoms with E-state index in [2.05, 4.69) is 0 Å². The van der Waals surface area contributed by atoms with Gasteiger partial charge in [-0.1, -0.05) is 11.6 Å². The van der Waals surface area contributed by atoms with E-state index in [1.165, 1.54) is 0 Å². The first-order valence-electron chi connectivity index (χ1n) is 6.45. The molecule has 0 aromatic heterocycles. The minimum Gasteiger partial charge on any atom is -0.399 e. The molecule has 1 aliphatic rings. The fraction of sp³-hybridized carbons (Fsp3) is 0.500. The molecular weight excluding hydrogens is 264 g/mol. The molecule has 4 nitrogen and oxygen atoms in total. The maximum atomic E-state index is 12.3. The normalized spacial score (nSPS) is 16.3. The van der Waals surface area contributed by atoms with Gasteiger partial charge in [-0.3, -0.25) is 4.79 Å². The SMILES string of the molecule is CN(CC1CCOCC1)C(=O)c1cc(N)cc(Cl)c1. The van der Waals surface area contributed by atoms with Crippen molar-refractivity contribution < 1.29 is 9.53 Å². The summed E-state index contributed by atoms with van der Waals surface area (Å²) in [5, 5.41) is 0.489. The molecule has 0 saturated carbocycles. The number of benzene rings is 1. The first-order valence-corrected chi connectivity index (χ1v) is 6.83. The van der Waals surface area contributed by atoms with Gasteiger partial charge in [-0.25, -0.2) is 0 Å². The number of anilines is 1. The van der Waals surface area contributed by atoms with E-state index in [9.17, 15) is 4.79 Å². The van der Waals surface area contributed by atoms with Crippen LogP contribution < -0.4 is 5.73 Å². The van der Waals surface area contributed by atoms with Crippen LogP contribution in [0.5, 0.6) is 0 Å². The Labute approximate surface area is 118 Å². The van der Waals surface area contributed by atoms with Crippen LogP contribution in [-0.2, 0) is 4.74 Å². The largest absolute Gasteiger partial charge is 0.399 e. The van der Waals surface area contributed by atoms with Gasteiger partial charge in [0, 0.05) is 43.1 Å². The summed E-state index contributed by atoms with van der Waals surface area (Å²) in [6, 6.07) is 4.95. The van der Waals surface area contributed by atoms with Gasteiger partial charge in [-0.2, -0.15) is 0 Å². The monoisotopic (exact) mass is 282 g/mol. The molecule has 1 aliphatic heterocycles. The van der Waals surface area contributed by atoms with E-state index in [0.29, 0.717) is 22.2 Å². The number of rotatable bonds is 3. The van der Waals surface area contributed by atoms with Crippen molar-refractivity contribution in [3.63, 3.8) is 0 Å². The zero-order valence-electron chi connectivity index (χ0n) is 11.1. The predicted molar refractivity (Wildman–Crippen MR) is 76.4 cm³/mol. The third-order valence-corrected chi connectivity index (χ3v) is 3.60. The van der Waals surface area contributed by atoms with Gasteiger partial charge < -0.3 is 15.4 Å². The van der Waals surface area contributed by atoms with Gasteiger partial charge in [0.1, 0.15) is 0 Å². The first kappa shape index (κ1) is 14.2. The lowest BCUT2D eigenvalue weighted by molar-refractivity contribution is 0.0497. The molecule has 104 valence electrons. The molecule has 0 bridgehead atoms. The van der Waals surface area contributed by atoms with Gasteiger partial charge in [0.05, 0.1) is 0 Å². The molecule has 1 heterocycles. The molecule has 0 spiro atoms. The number of carbonyl (C=O) groups is 1. The van der Waals surface area contributed by atoms with E-state index < -0.39 is 0 Å². The van der Waals surface area contributed by atoms with Crippen LogP contribution in [0.4, 0.5) is 5.69 Å². The van der Waals surface area contributed by atoms with E-state index in [4.69, 9.17) is 22.1 Å². The Morgan fingerprint density at radius 3 is 2.74 bits per heavy atom. The molecular formula is C14H19ClN2O2. The summed E-state index contributed by atoms with van der Waals surface area (Å²) in [4.78, 5) is 14.0. The zero-order valence-corrected chi connectivity index (χ0v) is 11.8. The van der Waals surface area contributed by atoms with Crippen molar-refractivity contribution in [1.82, 2.24) is 4.90 Å². The van der Waals surface area contributed by atoms with E-state index in [1.54, 1.807) is 23.1 Å². The standard InChI is InChI=1S/C14H19ClN2O2/c1-17(9-10-2-4-19-5-3-10)14(18)11-6-12(15)8-13(16)7-11/h6-8,10H,2-5,9,16H2,1H3. The van der Waals surface area contributed by atoms with Gasteiger partial charge in [-0.15, -0.1) is 0 Å². The minimum absolute atomic E-state index is 0.0410. The summed E-state index contributed by atoms with van der Waals surface area (Å²) in [5.41, 5.74) is 6.76. The van der Waals surface area contributed by atoms with Crippen LogP contribution in [0.25, 0.3) is 0 Å². The Morgan fingerprint density at radius 1 is 1.42 bits per heavy atom. The lowest BCUT2D eigenvalue weighted by Crippen LogP contribution is -2.34. The van der Waals surface area contributed by atoms with Crippen molar-refractivity contribution in [2.75, 3.05) is 32.5 Å². The summed E-state index contributed by atoms with van der Waals surface area (Å²) in [7, 11) is 1.81. The fourth-order valence-corrected chi connectivity index (χ4v) is 2.60. The van der Waals surface area contributed by atoms with Crippen LogP contribution >= 0.6 is 11.6 Å². The van der Waals surface area contributed by atoms with Gasteiger partial charge in [0.25, 0.3) is 5.91 Å². The second-order valence-corrected chi connectivity index (χ2v) is 5.45. The molecule has 0 radical (unpaired) electrons. The second-order valence-electron chi connectivity index (χ2n) is 5.01. The minimum atomic E-state index is -0.0410. The highest BCUT2D eigenvalue weighted by atomic mass is 35.5. The summed E-state index contributed by atoms with van der Waals surface area (Å²) in [5.74, 6) is 0.472. The molecule has 1 aromatic carbocycles. The number of ether oxygens (including phenoxy) is 1. The smallest absolute Gasteiger partial charge is 0.253 e. The molecule has 5 heteroatoms. The summed E-state index contributed by atoms with van der Waals surface area (Å²) >= 11 is 5.92. The van der Waals surface area contributed by atoms with Crippen LogP contribution in [-0.4, -0.2) is 37.6 Å². The summed E-state index contributed by atoms with van der Waals surface area (Å²) in [6.45, 7) is 2.32. The Hall–Kier alpha value is -1.26. The van der Waals surface area contributed by atoms with Gasteiger partial charge in [0.15, 0.2) is 0 Å². The summed E-state index contributed by atoms with van der Waals surface area (Å²) in [6.07, 6.45) is 2.02. The molecule has 0 aliphatic carbocycles. The lowest BCUT2D eigenvalue weighted by atomic mass is 9.99. The maximum absolute atomic E-state index is 12.3. The zero-order chi connectivity index (χ0) is 13.8. The fourth-order valence-electron chi connectivity index (χ4n) is 2.36. The Kier molecular flexibility index (Phi) is 4.66. The number of hydrogen-bond donors (Lipinski definition) is 1. The number of hydrogen-bond acceptors (Lipinski definition) is 3. The van der Waals surface area contributed by atoms with Crippen LogP contribution in [0, 0.1) is 5.92 Å². The number of nitrogens with zero attached hydrogens (tertiary/aromatic N) is 1. The number of amides is 1. The molecule has 1 saturated heterocycles. The van der Waals surface area contributed by atoms with E-state index >= 15 is 0 Å². The number of halogens is 1. The van der Waals surface area contributed by atoms with E-state index in [0.717, 1.165) is 32.6 Å². The molecule has 2 rings (SSSR count). The van der Waals surface area contributed by atoms with E-state index in [-0.39, 0.29) is 5.91 Å². The van der Waals surface area contributed by atoms with Crippen LogP contribution in [0.15, 0.2) is 18.2 Å². The quantitative estimate of drug-likeness (QED) is 0.866. The molecule has 1 amide bonds. The van der Waals surface area contributed by atoms with Crippen molar-refractivity contribution in [3.8, 4) is 0 Å². The van der Waals surface area contributed by atoms with Crippen molar-refractivity contribution in [2.24, 2.45) is 5.92 Å². The molecule has 0 unspecified atom stereocenters. The van der Waals surface area contributed by atoms with E-state index in [1.807, 2.05) is 7.05 Å². The third kappa shape index (κ3) is 3.85. The predicted octanol–water partition coefficient (Wildman–Crippen LogP) is 2.42. The Balaban J connectivity index is 2.01. The molecule has 1 aromatic rings. The highest BCUT2D eigenvalue weighted by molar-refractivity contribution is 6.31. The number of nitrogens with two attached hydrogens (primary N) is 1. The average molecular weight is 283 g/mol. The van der Waals surface area contributed by atoms with Crippen molar-refractivity contribution in [3.05, 3.63) is 28.8 Å². The highest BCUT2D eigenvalue weighted by Gasteiger charge is 2.19. The highest BCUT2D eigenvalue weighted by Crippen LogP contribution is 2.20. The Bertz CT molecular complexity index is 439. The van der Waals surface area contributed by atoms with Crippen LogP contribution in [0.1, 0.15) is 23.2 Å². The van der Waals surface area contributed by atoms with Crippen molar-refractivity contribution in [1.29, 1.82) is 0 Å². The first-order chi connectivity index (χ1) is 9.06. The van der Waals surface area contributed by atoms with Crippen LogP contribution in [0.2, 0.25) is 5.02 Å². The number of carbonyl (C=O) groups excluding carboxylic acids is 1. The molecule has 0 atom stereocenters. The number of nitrogen functional groups attached to an aromatic ring is 1. The molecule has 2 N–H and O–H groups in total. The Morgan fingerprint density at radius 2 is 2.11 bits per heavy atom. The van der Waals surface area contributed by atoms with Gasteiger partial charge >= 0.3 is 0 Å². The van der Waals surface area contributed by atoms with Gasteiger partial charge in [-0.05, 0) is 37.0 Å². The maximum Gasteiger partial charge on any atom is 0.253 e. The van der Waals surface area contributed by atoms with Crippen LogP contribution in [0.3, 0.4) is 0 Å². The molecule has 1 fully saturated rings. The topological polar surface area (TPSA) is 55.6 Å².